The van der Waals surface area contributed by atoms with Crippen LogP contribution in [-0.2, 0) is 9.53 Å². The Kier molecular flexibility index (Phi) is 1.01. The zero-order valence-corrected chi connectivity index (χ0v) is 5.83. The van der Waals surface area contributed by atoms with Gasteiger partial charge in [0.25, 0.3) is 0 Å². The van der Waals surface area contributed by atoms with Gasteiger partial charge in [0, 0.05) is 0 Å². The van der Waals surface area contributed by atoms with Crippen LogP contribution in [0.1, 0.15) is 13.3 Å². The summed E-state index contributed by atoms with van der Waals surface area (Å²) in [4.78, 5) is 12.5. The van der Waals surface area contributed by atoms with E-state index >= 15 is 0 Å². The summed E-state index contributed by atoms with van der Waals surface area (Å²) < 4.78 is 5.35. The zero-order chi connectivity index (χ0) is 7.14. The monoisotopic (exact) mass is 139 g/mol. The maximum absolute atomic E-state index is 10.8. The van der Waals surface area contributed by atoms with Crippen LogP contribution in [0.25, 0.3) is 0 Å². The van der Waals surface area contributed by atoms with Gasteiger partial charge in [0.1, 0.15) is 5.76 Å². The molecule has 0 unspecified atom stereocenters. The number of carbonyl (C=O) groups excluding carboxylic acids is 1. The second kappa shape index (κ2) is 1.75. The SMILES string of the molecule is C/C=C1/CN2C(=O)C[C@H]2O1. The standard InChI is InChI=1S/C7H9NO2/c1-2-5-4-8-6(9)3-7(8)10-5/h2,7H,3-4H2,1H3/b5-2-/t7-/m1/s1. The lowest BCUT2D eigenvalue weighted by atomic mass is 10.2. The molecule has 2 fully saturated rings. The van der Waals surface area contributed by atoms with Gasteiger partial charge < -0.3 is 4.74 Å². The van der Waals surface area contributed by atoms with E-state index in [1.54, 1.807) is 4.90 Å². The Morgan fingerprint density at radius 1 is 1.80 bits per heavy atom. The van der Waals surface area contributed by atoms with Crippen LogP contribution in [-0.4, -0.2) is 23.6 Å². The van der Waals surface area contributed by atoms with Crippen molar-refractivity contribution >= 4 is 5.91 Å². The largest absolute Gasteiger partial charge is 0.473 e. The normalized spacial score (nSPS) is 33.7. The third-order valence-electron chi connectivity index (χ3n) is 1.95. The highest BCUT2D eigenvalue weighted by atomic mass is 16.5. The molecule has 0 aromatic carbocycles. The number of nitrogens with zero attached hydrogens (tertiary/aromatic N) is 1. The van der Waals surface area contributed by atoms with Gasteiger partial charge in [-0.3, -0.25) is 9.69 Å². The summed E-state index contributed by atoms with van der Waals surface area (Å²) >= 11 is 0. The van der Waals surface area contributed by atoms with Crippen molar-refractivity contribution < 1.29 is 9.53 Å². The molecule has 0 aromatic rings. The minimum Gasteiger partial charge on any atom is -0.473 e. The molecule has 0 saturated carbocycles. The van der Waals surface area contributed by atoms with Gasteiger partial charge in [0.15, 0.2) is 6.23 Å². The van der Waals surface area contributed by atoms with Gasteiger partial charge in [-0.05, 0) is 13.0 Å². The molecule has 54 valence electrons. The van der Waals surface area contributed by atoms with E-state index in [1.807, 2.05) is 13.0 Å². The van der Waals surface area contributed by atoms with Gasteiger partial charge in [0.2, 0.25) is 5.91 Å². The van der Waals surface area contributed by atoms with Gasteiger partial charge in [-0.15, -0.1) is 0 Å². The first-order valence-corrected chi connectivity index (χ1v) is 3.42. The van der Waals surface area contributed by atoms with Crippen LogP contribution in [0.15, 0.2) is 11.8 Å². The summed E-state index contributed by atoms with van der Waals surface area (Å²) in [6, 6.07) is 0. The molecule has 1 atom stereocenters. The summed E-state index contributed by atoms with van der Waals surface area (Å²) in [6.45, 7) is 2.60. The third-order valence-corrected chi connectivity index (χ3v) is 1.95. The molecule has 1 amide bonds. The molecule has 2 rings (SSSR count). The molecular formula is C7H9NO2. The van der Waals surface area contributed by atoms with Crippen LogP contribution in [0.5, 0.6) is 0 Å². The third kappa shape index (κ3) is 0.574. The number of allylic oxidation sites excluding steroid dienone is 1. The van der Waals surface area contributed by atoms with E-state index in [2.05, 4.69) is 0 Å². The van der Waals surface area contributed by atoms with Crippen molar-refractivity contribution in [3.05, 3.63) is 11.8 Å². The number of amides is 1. The van der Waals surface area contributed by atoms with Crippen LogP contribution >= 0.6 is 0 Å². The van der Waals surface area contributed by atoms with Crippen molar-refractivity contribution in [2.45, 2.75) is 19.6 Å². The summed E-state index contributed by atoms with van der Waals surface area (Å²) in [7, 11) is 0. The van der Waals surface area contributed by atoms with E-state index in [9.17, 15) is 4.79 Å². The molecule has 0 spiro atoms. The highest BCUT2D eigenvalue weighted by Gasteiger charge is 2.43. The Morgan fingerprint density at radius 3 is 3.10 bits per heavy atom. The molecule has 2 saturated heterocycles. The van der Waals surface area contributed by atoms with Gasteiger partial charge in [0.05, 0.1) is 13.0 Å². The molecule has 2 aliphatic heterocycles. The van der Waals surface area contributed by atoms with Crippen molar-refractivity contribution in [2.75, 3.05) is 6.54 Å². The molecule has 0 aliphatic carbocycles. The second-order valence-corrected chi connectivity index (χ2v) is 2.55. The Bertz CT molecular complexity index is 210. The number of ether oxygens (including phenoxy) is 1. The lowest BCUT2D eigenvalue weighted by Crippen LogP contribution is -2.48. The maximum atomic E-state index is 10.8. The topological polar surface area (TPSA) is 29.5 Å². The predicted molar refractivity (Wildman–Crippen MR) is 35.0 cm³/mol. The van der Waals surface area contributed by atoms with Gasteiger partial charge in [-0.2, -0.15) is 0 Å². The van der Waals surface area contributed by atoms with Gasteiger partial charge in [-0.25, -0.2) is 0 Å². The summed E-state index contributed by atoms with van der Waals surface area (Å²) in [6.07, 6.45) is 2.54. The summed E-state index contributed by atoms with van der Waals surface area (Å²) in [5.41, 5.74) is 0. The predicted octanol–water partition coefficient (Wildman–Crippen LogP) is 0.479. The Labute approximate surface area is 59.3 Å². The highest BCUT2D eigenvalue weighted by molar-refractivity contribution is 5.83. The number of β-lactam (4-membered cyclic amide) rings is 1. The highest BCUT2D eigenvalue weighted by Crippen LogP contribution is 2.30. The number of rotatable bonds is 0. The molecule has 0 aromatic heterocycles. The molecular weight excluding hydrogens is 130 g/mol. The van der Waals surface area contributed by atoms with Crippen LogP contribution in [0.3, 0.4) is 0 Å². The number of hydrogen-bond donors (Lipinski definition) is 0. The van der Waals surface area contributed by atoms with Crippen molar-refractivity contribution in [2.24, 2.45) is 0 Å². The fourth-order valence-electron chi connectivity index (χ4n) is 1.26. The minimum absolute atomic E-state index is 0.0682. The maximum Gasteiger partial charge on any atom is 0.231 e. The van der Waals surface area contributed by atoms with Gasteiger partial charge in [-0.1, -0.05) is 0 Å². The number of carbonyl (C=O) groups is 1. The van der Waals surface area contributed by atoms with E-state index in [1.165, 1.54) is 0 Å². The zero-order valence-electron chi connectivity index (χ0n) is 5.83. The molecule has 3 nitrogen and oxygen atoms in total. The van der Waals surface area contributed by atoms with Crippen molar-refractivity contribution in [3.8, 4) is 0 Å². The molecule has 3 heteroatoms. The van der Waals surface area contributed by atoms with E-state index in [4.69, 9.17) is 4.74 Å². The van der Waals surface area contributed by atoms with E-state index < -0.39 is 0 Å². The minimum atomic E-state index is 0.0682. The summed E-state index contributed by atoms with van der Waals surface area (Å²) in [5, 5.41) is 0. The quantitative estimate of drug-likeness (QED) is 0.457. The number of hydrogen-bond acceptors (Lipinski definition) is 2. The molecule has 10 heavy (non-hydrogen) atoms. The van der Waals surface area contributed by atoms with E-state index in [0.717, 1.165) is 5.76 Å². The van der Waals surface area contributed by atoms with Gasteiger partial charge >= 0.3 is 0 Å². The average molecular weight is 139 g/mol. The first kappa shape index (κ1) is 5.77. The Morgan fingerprint density at radius 2 is 2.60 bits per heavy atom. The lowest BCUT2D eigenvalue weighted by Gasteiger charge is -2.30. The Balaban J connectivity index is 2.12. The van der Waals surface area contributed by atoms with Crippen LogP contribution in [0.4, 0.5) is 0 Å². The molecule has 2 aliphatic rings. The van der Waals surface area contributed by atoms with Crippen LogP contribution in [0.2, 0.25) is 0 Å². The lowest BCUT2D eigenvalue weighted by molar-refractivity contribution is -0.154. The second-order valence-electron chi connectivity index (χ2n) is 2.55. The molecule has 0 N–H and O–H groups in total. The van der Waals surface area contributed by atoms with Crippen molar-refractivity contribution in [1.82, 2.24) is 4.90 Å². The fourth-order valence-corrected chi connectivity index (χ4v) is 1.26. The summed E-state index contributed by atoms with van der Waals surface area (Å²) in [5.74, 6) is 1.14. The molecule has 0 radical (unpaired) electrons. The molecule has 0 bridgehead atoms. The van der Waals surface area contributed by atoms with Crippen LogP contribution < -0.4 is 0 Å². The van der Waals surface area contributed by atoms with Crippen molar-refractivity contribution in [3.63, 3.8) is 0 Å². The van der Waals surface area contributed by atoms with E-state index in [-0.39, 0.29) is 12.1 Å². The van der Waals surface area contributed by atoms with Crippen LogP contribution in [0, 0.1) is 0 Å². The average Bonchev–Trinajstić information content (AvgIpc) is 2.26. The first-order valence-electron chi connectivity index (χ1n) is 3.42. The molecule has 2 heterocycles. The fraction of sp³-hybridized carbons (Fsp3) is 0.571. The Hall–Kier alpha value is -0.990. The smallest absolute Gasteiger partial charge is 0.231 e. The van der Waals surface area contributed by atoms with Crippen molar-refractivity contribution in [1.29, 1.82) is 0 Å². The first-order chi connectivity index (χ1) is 4.81. The van der Waals surface area contributed by atoms with E-state index in [0.29, 0.717) is 13.0 Å². The number of fused-ring (bicyclic) bond motifs is 1.